The summed E-state index contributed by atoms with van der Waals surface area (Å²) in [5.74, 6) is 1.37. The second kappa shape index (κ2) is 8.11. The van der Waals surface area contributed by atoms with E-state index in [1.54, 1.807) is 12.2 Å². The maximum absolute atomic E-state index is 9.22. The Morgan fingerprint density at radius 1 is 1.20 bits per heavy atom. The van der Waals surface area contributed by atoms with Gasteiger partial charge in [0.2, 0.25) is 0 Å². The van der Waals surface area contributed by atoms with Crippen molar-refractivity contribution in [2.24, 2.45) is 5.41 Å². The molecule has 0 saturated carbocycles. The number of allylic oxidation sites excluding steroid dienone is 9. The monoisotopic (exact) mass is 401 g/mol. The Labute approximate surface area is 178 Å². The molecule has 30 heavy (non-hydrogen) atoms. The third-order valence-corrected chi connectivity index (χ3v) is 6.36. The SMILES string of the molecule is CCC1=CC(=C(C#N)C#N)C=C(/C=C/C2=CC3OCCN4CCC(C)(C)C(=C2)C34)O1. The summed E-state index contributed by atoms with van der Waals surface area (Å²) in [6.45, 7) is 9.51. The van der Waals surface area contributed by atoms with Crippen LogP contribution in [0.5, 0.6) is 0 Å². The van der Waals surface area contributed by atoms with E-state index in [4.69, 9.17) is 9.47 Å². The van der Waals surface area contributed by atoms with Crippen LogP contribution >= 0.6 is 0 Å². The largest absolute Gasteiger partial charge is 0.462 e. The van der Waals surface area contributed by atoms with Gasteiger partial charge in [-0.3, -0.25) is 4.90 Å². The Hall–Kier alpha value is -2.86. The summed E-state index contributed by atoms with van der Waals surface area (Å²) in [6, 6.07) is 4.26. The minimum atomic E-state index is 0.0737. The van der Waals surface area contributed by atoms with Crippen molar-refractivity contribution >= 4 is 0 Å². The highest BCUT2D eigenvalue weighted by Crippen LogP contribution is 2.44. The average Bonchev–Trinajstić information content (AvgIpc) is 2.75. The first-order valence-electron chi connectivity index (χ1n) is 10.6. The van der Waals surface area contributed by atoms with Crippen molar-refractivity contribution in [3.05, 3.63) is 70.3 Å². The number of nitrogens with zero attached hydrogens (tertiary/aromatic N) is 3. The predicted molar refractivity (Wildman–Crippen MR) is 115 cm³/mol. The zero-order valence-corrected chi connectivity index (χ0v) is 17.8. The smallest absolute Gasteiger partial charge is 0.137 e. The lowest BCUT2D eigenvalue weighted by Gasteiger charge is -2.52. The molecule has 3 aliphatic heterocycles. The zero-order valence-electron chi connectivity index (χ0n) is 17.8. The number of ether oxygens (including phenoxy) is 2. The van der Waals surface area contributed by atoms with E-state index in [0.717, 1.165) is 37.4 Å². The lowest BCUT2D eigenvalue weighted by atomic mass is 9.69. The molecule has 2 unspecified atom stereocenters. The van der Waals surface area contributed by atoms with Crippen LogP contribution in [0.2, 0.25) is 0 Å². The van der Waals surface area contributed by atoms with Crippen molar-refractivity contribution in [2.75, 3.05) is 19.7 Å². The standard InChI is InChI=1S/C25H27N3O2/c1-4-20-13-18(19(15-26)16-27)14-21(30-20)6-5-17-11-22-24-23(12-17)29-10-9-28(24)8-7-25(22,2)3/h5-6,11-14,23-24H,4,7-10H2,1-3H3/b6-5+. The first-order chi connectivity index (χ1) is 14.4. The molecule has 0 amide bonds. The summed E-state index contributed by atoms with van der Waals surface area (Å²) in [6.07, 6.45) is 13.9. The van der Waals surface area contributed by atoms with Crippen molar-refractivity contribution in [1.29, 1.82) is 10.5 Å². The van der Waals surface area contributed by atoms with Crippen molar-refractivity contribution in [3.8, 4) is 12.1 Å². The highest BCUT2D eigenvalue weighted by molar-refractivity contribution is 5.54. The lowest BCUT2D eigenvalue weighted by molar-refractivity contribution is -0.0569. The van der Waals surface area contributed by atoms with E-state index in [1.807, 2.05) is 31.2 Å². The highest BCUT2D eigenvalue weighted by atomic mass is 16.5. The Morgan fingerprint density at radius 3 is 2.73 bits per heavy atom. The molecule has 0 N–H and O–H groups in total. The Bertz CT molecular complexity index is 992. The molecule has 0 aromatic carbocycles. The fourth-order valence-corrected chi connectivity index (χ4v) is 4.59. The van der Waals surface area contributed by atoms with E-state index in [1.165, 1.54) is 5.57 Å². The third-order valence-electron chi connectivity index (χ3n) is 6.36. The fourth-order valence-electron chi connectivity index (χ4n) is 4.59. The number of piperidine rings is 1. The fraction of sp³-hybridized carbons (Fsp3) is 0.440. The van der Waals surface area contributed by atoms with Crippen LogP contribution in [0, 0.1) is 28.1 Å². The molecule has 4 aliphatic rings. The van der Waals surface area contributed by atoms with Gasteiger partial charge in [0, 0.05) is 18.5 Å². The molecule has 0 aromatic heterocycles. The van der Waals surface area contributed by atoms with Crippen LogP contribution in [0.4, 0.5) is 0 Å². The number of nitriles is 2. The van der Waals surface area contributed by atoms with E-state index < -0.39 is 0 Å². The summed E-state index contributed by atoms with van der Waals surface area (Å²) in [5, 5.41) is 18.4. The molecule has 2 atom stereocenters. The van der Waals surface area contributed by atoms with Gasteiger partial charge < -0.3 is 9.47 Å². The summed E-state index contributed by atoms with van der Waals surface area (Å²) in [5.41, 5.74) is 3.38. The quantitative estimate of drug-likeness (QED) is 0.653. The second-order valence-corrected chi connectivity index (χ2v) is 8.72. The number of hydrogen-bond donors (Lipinski definition) is 0. The zero-order chi connectivity index (χ0) is 21.3. The van der Waals surface area contributed by atoms with Crippen LogP contribution in [0.1, 0.15) is 33.6 Å². The summed E-state index contributed by atoms with van der Waals surface area (Å²) < 4.78 is 12.0. The molecule has 2 fully saturated rings. The molecule has 0 spiro atoms. The van der Waals surface area contributed by atoms with Gasteiger partial charge in [0.15, 0.2) is 0 Å². The molecule has 0 aromatic rings. The van der Waals surface area contributed by atoms with E-state index >= 15 is 0 Å². The van der Waals surface area contributed by atoms with Crippen LogP contribution in [-0.2, 0) is 9.47 Å². The van der Waals surface area contributed by atoms with Crippen molar-refractivity contribution in [2.45, 2.75) is 45.8 Å². The molecular weight excluding hydrogens is 374 g/mol. The van der Waals surface area contributed by atoms with Crippen LogP contribution < -0.4 is 0 Å². The Kier molecular flexibility index (Phi) is 5.52. The summed E-state index contributed by atoms with van der Waals surface area (Å²) >= 11 is 0. The maximum Gasteiger partial charge on any atom is 0.137 e. The predicted octanol–water partition coefficient (Wildman–Crippen LogP) is 4.46. The summed E-state index contributed by atoms with van der Waals surface area (Å²) in [4.78, 5) is 2.55. The molecule has 3 heterocycles. The molecule has 154 valence electrons. The Balaban J connectivity index is 1.64. The molecule has 5 heteroatoms. The van der Waals surface area contributed by atoms with Crippen LogP contribution in [0.25, 0.3) is 0 Å². The van der Waals surface area contributed by atoms with E-state index in [9.17, 15) is 10.5 Å². The maximum atomic E-state index is 9.22. The number of hydrogen-bond acceptors (Lipinski definition) is 5. The van der Waals surface area contributed by atoms with Gasteiger partial charge in [0.05, 0.1) is 18.8 Å². The van der Waals surface area contributed by atoms with Gasteiger partial charge in [-0.1, -0.05) is 32.9 Å². The van der Waals surface area contributed by atoms with Gasteiger partial charge in [0.25, 0.3) is 0 Å². The minimum absolute atomic E-state index is 0.0737. The van der Waals surface area contributed by atoms with Crippen LogP contribution in [-0.4, -0.2) is 36.7 Å². The number of rotatable bonds is 3. The van der Waals surface area contributed by atoms with E-state index in [-0.39, 0.29) is 17.1 Å². The molecule has 1 aliphatic carbocycles. The van der Waals surface area contributed by atoms with Gasteiger partial charge in [-0.25, -0.2) is 0 Å². The van der Waals surface area contributed by atoms with Crippen molar-refractivity contribution in [1.82, 2.24) is 4.90 Å². The molecular formula is C25H27N3O2. The Morgan fingerprint density at radius 2 is 2.00 bits per heavy atom. The van der Waals surface area contributed by atoms with Crippen LogP contribution in [0.15, 0.2) is 70.3 Å². The van der Waals surface area contributed by atoms with Crippen LogP contribution in [0.3, 0.4) is 0 Å². The molecule has 0 radical (unpaired) electrons. The highest BCUT2D eigenvalue weighted by Gasteiger charge is 2.44. The normalized spacial score (nSPS) is 27.6. The van der Waals surface area contributed by atoms with E-state index in [0.29, 0.717) is 23.8 Å². The van der Waals surface area contributed by atoms with Gasteiger partial charge in [-0.2, -0.15) is 10.5 Å². The first kappa shape index (κ1) is 20.4. The first-order valence-corrected chi connectivity index (χ1v) is 10.6. The van der Waals surface area contributed by atoms with Gasteiger partial charge in [-0.05, 0) is 53.8 Å². The van der Waals surface area contributed by atoms with Gasteiger partial charge in [-0.15, -0.1) is 0 Å². The van der Waals surface area contributed by atoms with Crippen molar-refractivity contribution < 1.29 is 9.47 Å². The van der Waals surface area contributed by atoms with Gasteiger partial charge in [0.1, 0.15) is 29.2 Å². The molecule has 0 bridgehead atoms. The second-order valence-electron chi connectivity index (χ2n) is 8.72. The lowest BCUT2D eigenvalue weighted by Crippen LogP contribution is -2.58. The third kappa shape index (κ3) is 3.79. The van der Waals surface area contributed by atoms with Crippen molar-refractivity contribution in [3.63, 3.8) is 0 Å². The molecule has 2 saturated heterocycles. The topological polar surface area (TPSA) is 69.3 Å². The molecule has 4 rings (SSSR count). The molecule has 5 nitrogen and oxygen atoms in total. The van der Waals surface area contributed by atoms with E-state index in [2.05, 4.69) is 30.9 Å². The minimum Gasteiger partial charge on any atom is -0.462 e. The average molecular weight is 402 g/mol. The summed E-state index contributed by atoms with van der Waals surface area (Å²) in [7, 11) is 0. The number of morpholine rings is 1. The van der Waals surface area contributed by atoms with Gasteiger partial charge >= 0.3 is 0 Å².